The molecule has 0 saturated carbocycles. The Labute approximate surface area is 180 Å². The molecule has 9 nitrogen and oxygen atoms in total. The van der Waals surface area contributed by atoms with Crippen molar-refractivity contribution in [2.45, 2.75) is 38.2 Å². The highest BCUT2D eigenvalue weighted by Crippen LogP contribution is 2.12. The number of amides is 2. The molecule has 0 spiro atoms. The lowest BCUT2D eigenvalue weighted by atomic mass is 10.1. The van der Waals surface area contributed by atoms with Crippen LogP contribution in [0.5, 0.6) is 0 Å². The Morgan fingerprint density at radius 3 is 2.37 bits per heavy atom. The largest absolute Gasteiger partial charge is 0.376 e. The number of likely N-dealkylation sites (N-methyl/N-ethyl adjacent to an activating group) is 1. The van der Waals surface area contributed by atoms with Crippen LogP contribution in [0.1, 0.15) is 32.1 Å². The summed E-state index contributed by atoms with van der Waals surface area (Å²) in [5, 5.41) is 3.42. The Bertz CT molecular complexity index is 592. The summed E-state index contributed by atoms with van der Waals surface area (Å²) < 4.78 is 5.71. The van der Waals surface area contributed by atoms with Gasteiger partial charge in [-0.3, -0.25) is 14.5 Å². The molecular weight excluding hydrogens is 384 g/mol. The maximum absolute atomic E-state index is 12.6. The zero-order chi connectivity index (χ0) is 21.3. The molecule has 3 fully saturated rings. The summed E-state index contributed by atoms with van der Waals surface area (Å²) in [6, 6.07) is 0. The van der Waals surface area contributed by atoms with E-state index < -0.39 is 0 Å². The Kier molecular flexibility index (Phi) is 8.74. The van der Waals surface area contributed by atoms with Crippen molar-refractivity contribution in [1.82, 2.24) is 24.9 Å². The molecule has 0 aliphatic carbocycles. The minimum Gasteiger partial charge on any atom is -0.376 e. The molecule has 0 aromatic rings. The first-order valence-corrected chi connectivity index (χ1v) is 11.4. The van der Waals surface area contributed by atoms with Crippen molar-refractivity contribution in [1.29, 1.82) is 0 Å². The number of piperidine rings is 1. The van der Waals surface area contributed by atoms with Gasteiger partial charge < -0.3 is 24.8 Å². The number of ether oxygens (including phenoxy) is 1. The summed E-state index contributed by atoms with van der Waals surface area (Å²) in [6.45, 7) is 7.21. The van der Waals surface area contributed by atoms with Crippen molar-refractivity contribution in [3.63, 3.8) is 0 Å². The summed E-state index contributed by atoms with van der Waals surface area (Å²) in [4.78, 5) is 37.1. The number of carbonyl (C=O) groups excluding carboxylic acids is 2. The second kappa shape index (κ2) is 11.5. The Morgan fingerprint density at radius 1 is 1.00 bits per heavy atom. The number of nitrogens with zero attached hydrogens (tertiary/aromatic N) is 5. The van der Waals surface area contributed by atoms with Gasteiger partial charge in [-0.2, -0.15) is 0 Å². The number of piperazine rings is 1. The lowest BCUT2D eigenvalue weighted by Gasteiger charge is -2.37. The molecule has 1 N–H and O–H groups in total. The molecular formula is C21H38N6O3. The summed E-state index contributed by atoms with van der Waals surface area (Å²) in [6.07, 6.45) is 5.86. The van der Waals surface area contributed by atoms with Crippen molar-refractivity contribution >= 4 is 17.8 Å². The summed E-state index contributed by atoms with van der Waals surface area (Å²) >= 11 is 0. The van der Waals surface area contributed by atoms with Crippen LogP contribution in [0.3, 0.4) is 0 Å². The van der Waals surface area contributed by atoms with E-state index in [4.69, 9.17) is 4.74 Å². The van der Waals surface area contributed by atoms with E-state index >= 15 is 0 Å². The number of aliphatic imine (C=N–C) groups is 1. The molecule has 1 atom stereocenters. The highest BCUT2D eigenvalue weighted by molar-refractivity contribution is 5.85. The van der Waals surface area contributed by atoms with E-state index in [-0.39, 0.29) is 24.5 Å². The first kappa shape index (κ1) is 22.8. The number of rotatable bonds is 6. The van der Waals surface area contributed by atoms with Gasteiger partial charge in [0, 0.05) is 66.5 Å². The second-order valence-corrected chi connectivity index (χ2v) is 8.65. The molecule has 0 bridgehead atoms. The van der Waals surface area contributed by atoms with Crippen LogP contribution in [0, 0.1) is 0 Å². The lowest BCUT2D eigenvalue weighted by molar-refractivity contribution is -0.133. The van der Waals surface area contributed by atoms with Crippen molar-refractivity contribution in [2.24, 2.45) is 4.99 Å². The molecule has 9 heteroatoms. The predicted octanol–water partition coefficient (Wildman–Crippen LogP) is -0.171. The molecule has 170 valence electrons. The summed E-state index contributed by atoms with van der Waals surface area (Å²) in [7, 11) is 3.49. The minimum absolute atomic E-state index is 0.0165. The quantitative estimate of drug-likeness (QED) is 0.473. The van der Waals surface area contributed by atoms with E-state index in [9.17, 15) is 9.59 Å². The van der Waals surface area contributed by atoms with Gasteiger partial charge in [-0.15, -0.1) is 0 Å². The first-order valence-electron chi connectivity index (χ1n) is 11.4. The molecule has 30 heavy (non-hydrogen) atoms. The topological polar surface area (TPSA) is 80.7 Å². The van der Waals surface area contributed by atoms with Crippen molar-refractivity contribution < 1.29 is 14.3 Å². The van der Waals surface area contributed by atoms with Gasteiger partial charge >= 0.3 is 0 Å². The van der Waals surface area contributed by atoms with Crippen molar-refractivity contribution in [2.75, 3.05) is 79.6 Å². The van der Waals surface area contributed by atoms with E-state index in [0.717, 1.165) is 77.5 Å². The standard InChI is InChI=1S/C21H38N6O3/c1-24(2)19(28)16-23-21(22-15-18-7-6-14-30-18)27-12-10-25(11-13-27)17-20(29)26-8-4-3-5-9-26/h18H,3-17H2,1-2H3,(H,22,23). The minimum atomic E-state index is -0.0165. The van der Waals surface area contributed by atoms with Crippen molar-refractivity contribution in [3.05, 3.63) is 0 Å². The highest BCUT2D eigenvalue weighted by atomic mass is 16.5. The molecule has 0 aromatic carbocycles. The maximum Gasteiger partial charge on any atom is 0.243 e. The highest BCUT2D eigenvalue weighted by Gasteiger charge is 2.25. The van der Waals surface area contributed by atoms with E-state index in [2.05, 4.69) is 20.1 Å². The normalized spacial score (nSPS) is 23.5. The molecule has 3 rings (SSSR count). The zero-order valence-electron chi connectivity index (χ0n) is 18.6. The molecule has 2 amide bonds. The van der Waals surface area contributed by atoms with Gasteiger partial charge in [-0.25, -0.2) is 4.99 Å². The van der Waals surface area contributed by atoms with Crippen molar-refractivity contribution in [3.8, 4) is 0 Å². The number of guanidine groups is 1. The molecule has 0 aromatic heterocycles. The van der Waals surface area contributed by atoms with Gasteiger partial charge in [-0.05, 0) is 32.1 Å². The maximum atomic E-state index is 12.6. The van der Waals surface area contributed by atoms with Gasteiger partial charge in [0.2, 0.25) is 11.8 Å². The summed E-state index contributed by atoms with van der Waals surface area (Å²) in [5.41, 5.74) is 0. The van der Waals surface area contributed by atoms with Crippen LogP contribution in [0.15, 0.2) is 4.99 Å². The molecule has 3 aliphatic heterocycles. The van der Waals surface area contributed by atoms with Gasteiger partial charge in [-0.1, -0.05) is 0 Å². The molecule has 3 aliphatic rings. The fourth-order valence-corrected chi connectivity index (χ4v) is 4.11. The molecule has 3 heterocycles. The lowest BCUT2D eigenvalue weighted by Crippen LogP contribution is -2.55. The predicted molar refractivity (Wildman–Crippen MR) is 116 cm³/mol. The van der Waals surface area contributed by atoms with Gasteiger partial charge in [0.15, 0.2) is 5.96 Å². The van der Waals surface area contributed by atoms with Crippen LogP contribution in [0.25, 0.3) is 0 Å². The van der Waals surface area contributed by atoms with Crippen LogP contribution in [0.2, 0.25) is 0 Å². The van der Waals surface area contributed by atoms with Gasteiger partial charge in [0.05, 0.1) is 12.6 Å². The van der Waals surface area contributed by atoms with E-state index in [1.54, 1.807) is 19.0 Å². The second-order valence-electron chi connectivity index (χ2n) is 8.65. The van der Waals surface area contributed by atoms with Gasteiger partial charge in [0.25, 0.3) is 0 Å². The van der Waals surface area contributed by atoms with E-state index in [0.29, 0.717) is 13.1 Å². The van der Waals surface area contributed by atoms with Crippen LogP contribution < -0.4 is 5.32 Å². The number of likely N-dealkylation sites (tertiary alicyclic amines) is 1. The number of carbonyl (C=O) groups is 2. The van der Waals surface area contributed by atoms with E-state index in [1.807, 2.05) is 4.90 Å². The molecule has 0 radical (unpaired) electrons. The van der Waals surface area contributed by atoms with Crippen LogP contribution in [-0.4, -0.2) is 123 Å². The third-order valence-corrected chi connectivity index (χ3v) is 6.11. The summed E-state index contributed by atoms with van der Waals surface area (Å²) in [5.74, 6) is 1.00. The average molecular weight is 423 g/mol. The third kappa shape index (κ3) is 6.84. The molecule has 3 saturated heterocycles. The third-order valence-electron chi connectivity index (χ3n) is 6.11. The van der Waals surface area contributed by atoms with Crippen LogP contribution >= 0.6 is 0 Å². The fraction of sp³-hybridized carbons (Fsp3) is 0.857. The van der Waals surface area contributed by atoms with Gasteiger partial charge in [0.1, 0.15) is 6.54 Å². The SMILES string of the molecule is CN(C)C(=O)CN=C(NCC1CCCO1)N1CCN(CC(=O)N2CCCCC2)CC1. The fourth-order valence-electron chi connectivity index (χ4n) is 4.11. The van der Waals surface area contributed by atoms with Crippen LogP contribution in [0.4, 0.5) is 0 Å². The Morgan fingerprint density at radius 2 is 1.73 bits per heavy atom. The number of nitrogens with one attached hydrogen (secondary N) is 1. The number of hydrogen-bond acceptors (Lipinski definition) is 5. The monoisotopic (exact) mass is 422 g/mol. The zero-order valence-corrected chi connectivity index (χ0v) is 18.6. The Balaban J connectivity index is 1.50. The first-order chi connectivity index (χ1) is 14.5. The Hall–Kier alpha value is -1.87. The number of hydrogen-bond donors (Lipinski definition) is 1. The van der Waals surface area contributed by atoms with Crippen LogP contribution in [-0.2, 0) is 14.3 Å². The van der Waals surface area contributed by atoms with E-state index in [1.165, 1.54) is 6.42 Å². The smallest absolute Gasteiger partial charge is 0.243 e. The molecule has 1 unspecified atom stereocenters. The average Bonchev–Trinajstić information content (AvgIpc) is 3.28.